The Morgan fingerprint density at radius 1 is 1.20 bits per heavy atom. The Morgan fingerprint density at radius 3 is 2.48 bits per heavy atom. The predicted molar refractivity (Wildman–Crippen MR) is 96.2 cm³/mol. The number of benzene rings is 2. The first-order chi connectivity index (χ1) is 11.9. The first-order valence-electron chi connectivity index (χ1n) is 7.37. The summed E-state index contributed by atoms with van der Waals surface area (Å²) >= 11 is 5.93. The topological polar surface area (TPSA) is 79.2 Å². The summed E-state index contributed by atoms with van der Waals surface area (Å²) in [5, 5.41) is 12.4. The standard InChI is InChI=1S/C19H15ClN2O3/c1-12-3-6-16(20)10-18(12)22-19(24)15(11-21)9-14-4-7-17(8-5-14)25-13(2)23/h3-10H,1-2H3,(H,22,24)/b15-9+. The molecule has 0 aromatic heterocycles. The molecule has 0 radical (unpaired) electrons. The Labute approximate surface area is 150 Å². The van der Waals surface area contributed by atoms with Crippen LogP contribution in [0.5, 0.6) is 5.75 Å². The van der Waals surface area contributed by atoms with Crippen LogP contribution in [0.2, 0.25) is 5.02 Å². The Bertz CT molecular complexity index is 881. The average Bonchev–Trinajstić information content (AvgIpc) is 2.57. The first-order valence-corrected chi connectivity index (χ1v) is 7.74. The molecule has 0 heterocycles. The highest BCUT2D eigenvalue weighted by Gasteiger charge is 2.11. The largest absolute Gasteiger partial charge is 0.427 e. The second-order valence-electron chi connectivity index (χ2n) is 5.25. The monoisotopic (exact) mass is 354 g/mol. The molecule has 2 rings (SSSR count). The number of hydrogen-bond donors (Lipinski definition) is 1. The number of hydrogen-bond acceptors (Lipinski definition) is 4. The van der Waals surface area contributed by atoms with E-state index in [1.165, 1.54) is 13.0 Å². The number of carbonyl (C=O) groups is 2. The van der Waals surface area contributed by atoms with Gasteiger partial charge in [0.15, 0.2) is 0 Å². The third-order valence-corrected chi connectivity index (χ3v) is 3.50. The van der Waals surface area contributed by atoms with Gasteiger partial charge in [-0.05, 0) is 48.4 Å². The summed E-state index contributed by atoms with van der Waals surface area (Å²) in [4.78, 5) is 23.2. The van der Waals surface area contributed by atoms with E-state index in [0.717, 1.165) is 5.56 Å². The second kappa shape index (κ2) is 8.13. The molecule has 2 aromatic rings. The van der Waals surface area contributed by atoms with Crippen LogP contribution in [0.3, 0.4) is 0 Å². The van der Waals surface area contributed by atoms with Crippen molar-refractivity contribution < 1.29 is 14.3 Å². The number of carbonyl (C=O) groups excluding carboxylic acids is 2. The molecule has 0 aliphatic heterocycles. The minimum absolute atomic E-state index is 0.0559. The van der Waals surface area contributed by atoms with Crippen molar-refractivity contribution in [2.75, 3.05) is 5.32 Å². The maximum absolute atomic E-state index is 12.3. The smallest absolute Gasteiger partial charge is 0.308 e. The molecule has 0 aliphatic rings. The summed E-state index contributed by atoms with van der Waals surface area (Å²) in [5.41, 5.74) is 1.95. The summed E-state index contributed by atoms with van der Waals surface area (Å²) in [5.74, 6) is -0.559. The van der Waals surface area contributed by atoms with Crippen molar-refractivity contribution in [2.24, 2.45) is 0 Å². The lowest BCUT2D eigenvalue weighted by atomic mass is 10.1. The predicted octanol–water partition coefficient (Wildman–Crippen LogP) is 4.12. The van der Waals surface area contributed by atoms with E-state index in [1.807, 2.05) is 13.0 Å². The molecule has 126 valence electrons. The summed E-state index contributed by atoms with van der Waals surface area (Å²) in [6, 6.07) is 13.5. The molecular weight excluding hydrogens is 340 g/mol. The number of nitrogens with one attached hydrogen (secondary N) is 1. The van der Waals surface area contributed by atoms with Gasteiger partial charge in [-0.1, -0.05) is 29.8 Å². The summed E-state index contributed by atoms with van der Waals surface area (Å²) in [6.45, 7) is 3.14. The number of aryl methyl sites for hydroxylation is 1. The minimum Gasteiger partial charge on any atom is -0.427 e. The molecular formula is C19H15ClN2O3. The Kier molecular flexibility index (Phi) is 5.93. The van der Waals surface area contributed by atoms with Crippen LogP contribution >= 0.6 is 11.6 Å². The lowest BCUT2D eigenvalue weighted by Gasteiger charge is -2.08. The zero-order valence-corrected chi connectivity index (χ0v) is 14.4. The molecule has 1 amide bonds. The van der Waals surface area contributed by atoms with E-state index in [4.69, 9.17) is 16.3 Å². The molecule has 0 aliphatic carbocycles. The fraction of sp³-hybridized carbons (Fsp3) is 0.105. The van der Waals surface area contributed by atoms with E-state index >= 15 is 0 Å². The summed E-state index contributed by atoms with van der Waals surface area (Å²) < 4.78 is 4.93. The highest BCUT2D eigenvalue weighted by atomic mass is 35.5. The summed E-state index contributed by atoms with van der Waals surface area (Å²) in [7, 11) is 0. The van der Waals surface area contributed by atoms with E-state index < -0.39 is 11.9 Å². The van der Waals surface area contributed by atoms with E-state index in [2.05, 4.69) is 5.32 Å². The fourth-order valence-electron chi connectivity index (χ4n) is 2.03. The molecule has 25 heavy (non-hydrogen) atoms. The lowest BCUT2D eigenvalue weighted by Crippen LogP contribution is -2.14. The highest BCUT2D eigenvalue weighted by Crippen LogP contribution is 2.21. The first kappa shape index (κ1) is 18.2. The number of ether oxygens (including phenoxy) is 1. The number of nitrogens with zero attached hydrogens (tertiary/aromatic N) is 1. The Morgan fingerprint density at radius 2 is 1.88 bits per heavy atom. The van der Waals surface area contributed by atoms with Crippen LogP contribution in [0.25, 0.3) is 6.08 Å². The molecule has 0 unspecified atom stereocenters. The van der Waals surface area contributed by atoms with Gasteiger partial charge >= 0.3 is 5.97 Å². The van der Waals surface area contributed by atoms with Gasteiger partial charge in [0, 0.05) is 17.6 Å². The maximum Gasteiger partial charge on any atom is 0.308 e. The van der Waals surface area contributed by atoms with E-state index in [-0.39, 0.29) is 5.57 Å². The highest BCUT2D eigenvalue weighted by molar-refractivity contribution is 6.31. The Balaban J connectivity index is 2.19. The number of halogens is 1. The quantitative estimate of drug-likeness (QED) is 0.387. The van der Waals surface area contributed by atoms with Crippen LogP contribution in [-0.4, -0.2) is 11.9 Å². The van der Waals surface area contributed by atoms with E-state index in [9.17, 15) is 14.9 Å². The van der Waals surface area contributed by atoms with Gasteiger partial charge in [-0.3, -0.25) is 9.59 Å². The van der Waals surface area contributed by atoms with Crippen LogP contribution < -0.4 is 10.1 Å². The van der Waals surface area contributed by atoms with Gasteiger partial charge in [0.05, 0.1) is 0 Å². The van der Waals surface area contributed by atoms with E-state index in [0.29, 0.717) is 22.0 Å². The van der Waals surface area contributed by atoms with Gasteiger partial charge in [0.2, 0.25) is 0 Å². The molecule has 0 atom stereocenters. The number of esters is 1. The molecule has 2 aromatic carbocycles. The maximum atomic E-state index is 12.3. The molecule has 1 N–H and O–H groups in total. The van der Waals surface area contributed by atoms with Gasteiger partial charge in [0.25, 0.3) is 5.91 Å². The lowest BCUT2D eigenvalue weighted by molar-refractivity contribution is -0.131. The van der Waals surface area contributed by atoms with Crippen LogP contribution in [-0.2, 0) is 9.59 Å². The molecule has 0 bridgehead atoms. The van der Waals surface area contributed by atoms with Crippen LogP contribution in [0.15, 0.2) is 48.0 Å². The molecule has 0 spiro atoms. The number of nitriles is 1. The van der Waals surface area contributed by atoms with Crippen LogP contribution in [0, 0.1) is 18.3 Å². The third kappa shape index (κ3) is 5.20. The molecule has 0 saturated carbocycles. The second-order valence-corrected chi connectivity index (χ2v) is 5.68. The molecule has 0 fully saturated rings. The molecule has 6 heteroatoms. The fourth-order valence-corrected chi connectivity index (χ4v) is 2.20. The Hall–Kier alpha value is -3.10. The minimum atomic E-state index is -0.531. The van der Waals surface area contributed by atoms with Crippen molar-refractivity contribution >= 4 is 35.2 Å². The van der Waals surface area contributed by atoms with Crippen molar-refractivity contribution in [3.63, 3.8) is 0 Å². The zero-order valence-electron chi connectivity index (χ0n) is 13.7. The van der Waals surface area contributed by atoms with E-state index in [1.54, 1.807) is 42.5 Å². The SMILES string of the molecule is CC(=O)Oc1ccc(/C=C(\C#N)C(=O)Nc2cc(Cl)ccc2C)cc1. The van der Waals surface area contributed by atoms with Gasteiger partial charge < -0.3 is 10.1 Å². The van der Waals surface area contributed by atoms with Gasteiger partial charge in [-0.2, -0.15) is 5.26 Å². The average molecular weight is 355 g/mol. The van der Waals surface area contributed by atoms with Crippen LogP contribution in [0.1, 0.15) is 18.1 Å². The number of rotatable bonds is 4. The van der Waals surface area contributed by atoms with Crippen molar-refractivity contribution in [2.45, 2.75) is 13.8 Å². The van der Waals surface area contributed by atoms with Crippen molar-refractivity contribution in [3.05, 3.63) is 64.2 Å². The van der Waals surface area contributed by atoms with Gasteiger partial charge in [-0.15, -0.1) is 0 Å². The van der Waals surface area contributed by atoms with Crippen molar-refractivity contribution in [3.8, 4) is 11.8 Å². The molecule has 0 saturated heterocycles. The number of anilines is 1. The van der Waals surface area contributed by atoms with Gasteiger partial charge in [-0.25, -0.2) is 0 Å². The molecule has 5 nitrogen and oxygen atoms in total. The third-order valence-electron chi connectivity index (χ3n) is 3.27. The van der Waals surface area contributed by atoms with Gasteiger partial charge in [0.1, 0.15) is 17.4 Å². The summed E-state index contributed by atoms with van der Waals surface area (Å²) in [6.07, 6.45) is 1.45. The normalized spacial score (nSPS) is 10.7. The van der Waals surface area contributed by atoms with Crippen LogP contribution in [0.4, 0.5) is 5.69 Å². The zero-order chi connectivity index (χ0) is 18.4. The van der Waals surface area contributed by atoms with Crippen molar-refractivity contribution in [1.82, 2.24) is 0 Å². The number of amides is 1. The van der Waals surface area contributed by atoms with Crippen molar-refractivity contribution in [1.29, 1.82) is 5.26 Å².